The smallest absolute Gasteiger partial charge is 0.135 e. The van der Waals surface area contributed by atoms with Crippen LogP contribution in [0.4, 0.5) is 0 Å². The Bertz CT molecular complexity index is 4170. The number of aliphatic imine (C=N–C) groups is 1. The maximum absolute atomic E-state index is 6.43. The van der Waals surface area contributed by atoms with E-state index in [1.54, 1.807) is 5.57 Å². The zero-order valence-corrected chi connectivity index (χ0v) is 45.3. The number of hydrogen-bond donors (Lipinski definition) is 0. The Morgan fingerprint density at radius 3 is 1.64 bits per heavy atom. The van der Waals surface area contributed by atoms with E-state index >= 15 is 0 Å². The molecule has 10 aromatic rings. The quantitative estimate of drug-likeness (QED) is 0.103. The van der Waals surface area contributed by atoms with Crippen LogP contribution in [0, 0.1) is 5.92 Å². The molecule has 0 saturated carbocycles. The van der Waals surface area contributed by atoms with Gasteiger partial charge >= 0.3 is 0 Å². The fourth-order valence-electron chi connectivity index (χ4n) is 12.6. The minimum atomic E-state index is 0.288. The fraction of sp³-hybridized carbons (Fsp3) is 0.184. The number of nitrogens with zero attached hydrogens (tertiary/aromatic N) is 2. The van der Waals surface area contributed by atoms with Gasteiger partial charge in [-0.05, 0) is 199 Å². The summed E-state index contributed by atoms with van der Waals surface area (Å²) in [6, 6.07) is 61.5. The van der Waals surface area contributed by atoms with E-state index in [9.17, 15) is 0 Å². The minimum absolute atomic E-state index is 0.288. The number of fused-ring (bicyclic) bond motifs is 6. The van der Waals surface area contributed by atoms with Crippen molar-refractivity contribution in [2.24, 2.45) is 10.9 Å². The van der Waals surface area contributed by atoms with E-state index < -0.39 is 0 Å². The molecule has 7 aromatic carbocycles. The molecule has 3 aliphatic carbocycles. The van der Waals surface area contributed by atoms with E-state index in [-0.39, 0.29) is 6.04 Å². The number of allylic oxidation sites excluding steroid dienone is 12. The van der Waals surface area contributed by atoms with E-state index in [0.717, 1.165) is 133 Å². The molecular formula is C76H64N2O2. The number of furan rings is 2. The highest BCUT2D eigenvalue weighted by molar-refractivity contribution is 6.12. The molecule has 2 atom stereocenters. The minimum Gasteiger partial charge on any atom is -0.456 e. The third-order valence-electron chi connectivity index (χ3n) is 17.0. The first-order chi connectivity index (χ1) is 39.6. The van der Waals surface area contributed by atoms with Gasteiger partial charge in [0.2, 0.25) is 0 Å². The molecule has 4 heteroatoms. The molecule has 3 aromatic heterocycles. The predicted octanol–water partition coefficient (Wildman–Crippen LogP) is 20.2. The molecule has 0 fully saturated rings. The molecule has 0 N–H and O–H groups in total. The number of aromatic nitrogens is 1. The largest absolute Gasteiger partial charge is 0.456 e. The average Bonchev–Trinajstić information content (AvgIpc) is 4.12. The van der Waals surface area contributed by atoms with Crippen LogP contribution in [0.3, 0.4) is 0 Å². The molecular weight excluding hydrogens is 973 g/mol. The van der Waals surface area contributed by atoms with Gasteiger partial charge in [0.05, 0.1) is 23.1 Å². The molecule has 0 bridgehead atoms. The molecule has 0 radical (unpaired) electrons. The second kappa shape index (κ2) is 22.1. The van der Waals surface area contributed by atoms with Crippen LogP contribution in [0.15, 0.2) is 267 Å². The van der Waals surface area contributed by atoms with Gasteiger partial charge in [-0.15, -0.1) is 0 Å². The first kappa shape index (κ1) is 49.4. The Balaban J connectivity index is 0.635. The Hall–Kier alpha value is -8.86. The molecule has 14 rings (SSSR count). The van der Waals surface area contributed by atoms with Gasteiger partial charge in [0.1, 0.15) is 22.3 Å². The van der Waals surface area contributed by atoms with Crippen LogP contribution in [0.2, 0.25) is 0 Å². The summed E-state index contributed by atoms with van der Waals surface area (Å²) in [7, 11) is 0. The van der Waals surface area contributed by atoms with Gasteiger partial charge in [0, 0.05) is 38.6 Å². The summed E-state index contributed by atoms with van der Waals surface area (Å²) in [5, 5.41) is 4.66. The highest BCUT2D eigenvalue weighted by Gasteiger charge is 2.27. The number of aryl methyl sites for hydroxylation is 3. The highest BCUT2D eigenvalue weighted by Crippen LogP contribution is 2.39. The average molecular weight is 1040 g/mol. The first-order valence-corrected chi connectivity index (χ1v) is 29.1. The van der Waals surface area contributed by atoms with Crippen LogP contribution >= 0.6 is 0 Å². The standard InChI is InChI=1S/C76H64N2O2/c1-5-19-57(20-6-1)69-47-63(48-70(77-69)58-21-7-2-8-22-58)55-33-27-51(28-34-55)15-13-17-53-31-39-73-65(43-53)67-45-61(37-41-75(67)79-73)62-38-42-76-68(46-62)66-44-54(32-40-74(66)80-76)18-14-16-52-29-35-56(36-30-52)64-49-71(59-23-9-3-10-24-59)78-72(50-64)60-25-11-4-12-26-60/h1-3,5-11,19-23,25-29,31-35,37-48,50,59,71H,4,12-18,24,30,36,49H2. The van der Waals surface area contributed by atoms with Crippen molar-refractivity contribution in [2.75, 3.05) is 0 Å². The Morgan fingerprint density at radius 2 is 1.05 bits per heavy atom. The lowest BCUT2D eigenvalue weighted by Gasteiger charge is -2.29. The summed E-state index contributed by atoms with van der Waals surface area (Å²) < 4.78 is 12.9. The Kier molecular flexibility index (Phi) is 13.7. The van der Waals surface area contributed by atoms with Crippen molar-refractivity contribution in [3.05, 3.63) is 270 Å². The lowest BCUT2D eigenvalue weighted by Crippen LogP contribution is -2.24. The molecule has 4 nitrogen and oxygen atoms in total. The number of pyridine rings is 1. The van der Waals surface area contributed by atoms with Crippen molar-refractivity contribution in [3.63, 3.8) is 0 Å². The normalized spacial score (nSPS) is 17.2. The lowest BCUT2D eigenvalue weighted by molar-refractivity contribution is 0.498. The molecule has 80 heavy (non-hydrogen) atoms. The molecule has 4 aliphatic rings. The first-order valence-electron chi connectivity index (χ1n) is 29.1. The molecule has 0 spiro atoms. The van der Waals surface area contributed by atoms with Crippen molar-refractivity contribution in [1.82, 2.24) is 4.98 Å². The Morgan fingerprint density at radius 1 is 0.463 bits per heavy atom. The van der Waals surface area contributed by atoms with Crippen LogP contribution in [-0.2, 0) is 19.3 Å². The van der Waals surface area contributed by atoms with Crippen molar-refractivity contribution >= 4 is 49.6 Å². The summed E-state index contributed by atoms with van der Waals surface area (Å²) in [6.07, 6.45) is 36.1. The Labute approximate surface area is 469 Å². The summed E-state index contributed by atoms with van der Waals surface area (Å²) in [5.41, 5.74) is 23.6. The number of hydrogen-bond acceptors (Lipinski definition) is 4. The summed E-state index contributed by atoms with van der Waals surface area (Å²) in [4.78, 5) is 10.4. The summed E-state index contributed by atoms with van der Waals surface area (Å²) in [5.74, 6) is 0.460. The molecule has 4 heterocycles. The SMILES string of the molecule is C1=CCC(C2CC(C3=CC=C(CCCc4ccc5oc6ccc(-c7ccc8oc9ccc(CCCc%10ccc(-c%11cc(-c%12ccccc%12)nc(-c%12ccccc%12)c%11)cc%10)cc9c8c7)cc6c5c4)CC3)=CC(C3=CCCC=C3)=N2)C=C1. The summed E-state index contributed by atoms with van der Waals surface area (Å²) in [6.45, 7) is 0. The third-order valence-corrected chi connectivity index (χ3v) is 17.0. The van der Waals surface area contributed by atoms with Crippen molar-refractivity contribution in [1.29, 1.82) is 0 Å². The number of dihydropyridines is 1. The van der Waals surface area contributed by atoms with E-state index in [4.69, 9.17) is 18.8 Å². The zero-order chi connectivity index (χ0) is 53.2. The monoisotopic (exact) mass is 1040 g/mol. The van der Waals surface area contributed by atoms with Crippen LogP contribution in [0.1, 0.15) is 74.5 Å². The fourth-order valence-corrected chi connectivity index (χ4v) is 12.6. The van der Waals surface area contributed by atoms with E-state index in [2.05, 4.69) is 231 Å². The third kappa shape index (κ3) is 10.5. The summed E-state index contributed by atoms with van der Waals surface area (Å²) >= 11 is 0. The molecule has 0 saturated heterocycles. The zero-order valence-electron chi connectivity index (χ0n) is 45.3. The van der Waals surface area contributed by atoms with Gasteiger partial charge in [-0.3, -0.25) is 4.99 Å². The van der Waals surface area contributed by atoms with Crippen molar-refractivity contribution < 1.29 is 8.83 Å². The van der Waals surface area contributed by atoms with Gasteiger partial charge in [-0.1, -0.05) is 169 Å². The van der Waals surface area contributed by atoms with Crippen LogP contribution in [0.5, 0.6) is 0 Å². The van der Waals surface area contributed by atoms with Crippen LogP contribution in [-0.4, -0.2) is 16.7 Å². The number of benzene rings is 7. The van der Waals surface area contributed by atoms with Gasteiger partial charge in [-0.2, -0.15) is 0 Å². The lowest BCUT2D eigenvalue weighted by atomic mass is 9.81. The molecule has 2 unspecified atom stereocenters. The second-order valence-corrected chi connectivity index (χ2v) is 22.4. The van der Waals surface area contributed by atoms with Gasteiger partial charge in [0.25, 0.3) is 0 Å². The van der Waals surface area contributed by atoms with Crippen molar-refractivity contribution in [2.45, 2.75) is 83.1 Å². The molecule has 1 aliphatic heterocycles. The van der Waals surface area contributed by atoms with E-state index in [1.807, 2.05) is 0 Å². The predicted molar refractivity (Wildman–Crippen MR) is 334 cm³/mol. The van der Waals surface area contributed by atoms with Crippen LogP contribution in [0.25, 0.3) is 88.6 Å². The van der Waals surface area contributed by atoms with Crippen LogP contribution < -0.4 is 0 Å². The van der Waals surface area contributed by atoms with E-state index in [1.165, 1.54) is 72.1 Å². The van der Waals surface area contributed by atoms with Gasteiger partial charge in [-0.25, -0.2) is 4.98 Å². The maximum atomic E-state index is 6.43. The molecule has 390 valence electrons. The maximum Gasteiger partial charge on any atom is 0.135 e. The molecule has 0 amide bonds. The number of rotatable bonds is 15. The van der Waals surface area contributed by atoms with Gasteiger partial charge in [0.15, 0.2) is 0 Å². The van der Waals surface area contributed by atoms with Crippen molar-refractivity contribution in [3.8, 4) is 44.8 Å². The topological polar surface area (TPSA) is 51.5 Å². The van der Waals surface area contributed by atoms with Gasteiger partial charge < -0.3 is 8.83 Å². The highest BCUT2D eigenvalue weighted by atomic mass is 16.3. The van der Waals surface area contributed by atoms with E-state index in [0.29, 0.717) is 5.92 Å². The second-order valence-electron chi connectivity index (χ2n) is 22.4.